The summed E-state index contributed by atoms with van der Waals surface area (Å²) >= 11 is 0. The molecule has 2 rings (SSSR count). The Morgan fingerprint density at radius 3 is 2.53 bits per heavy atom. The molecule has 0 atom stereocenters. The Labute approximate surface area is 113 Å². The van der Waals surface area contributed by atoms with Crippen LogP contribution in [0.4, 0.5) is 8.78 Å². The van der Waals surface area contributed by atoms with Gasteiger partial charge in [-0.05, 0) is 43.5 Å². The third-order valence-corrected chi connectivity index (χ3v) is 3.63. The number of nitrogens with zero attached hydrogens (tertiary/aromatic N) is 1. The zero-order valence-electron chi connectivity index (χ0n) is 11.3. The van der Waals surface area contributed by atoms with Gasteiger partial charge in [0, 0.05) is 26.2 Å². The lowest BCUT2D eigenvalue weighted by Crippen LogP contribution is -2.43. The van der Waals surface area contributed by atoms with Crippen molar-refractivity contribution >= 4 is 0 Å². The molecule has 1 fully saturated rings. The lowest BCUT2D eigenvalue weighted by Gasteiger charge is -2.27. The zero-order valence-corrected chi connectivity index (χ0v) is 11.3. The highest BCUT2D eigenvalue weighted by molar-refractivity contribution is 5.17. The van der Waals surface area contributed by atoms with Crippen molar-refractivity contribution in [3.63, 3.8) is 0 Å². The summed E-state index contributed by atoms with van der Waals surface area (Å²) in [5.74, 6) is -1.50. The number of piperazine rings is 1. The van der Waals surface area contributed by atoms with Gasteiger partial charge in [0.2, 0.25) is 0 Å². The largest absolute Gasteiger partial charge is 0.314 e. The molecule has 1 heterocycles. The summed E-state index contributed by atoms with van der Waals surface area (Å²) in [6, 6.07) is 4.20. The fraction of sp³-hybridized carbons (Fsp3) is 0.600. The summed E-state index contributed by atoms with van der Waals surface area (Å²) < 4.78 is 25.8. The third-order valence-electron chi connectivity index (χ3n) is 3.63. The first-order valence-corrected chi connectivity index (χ1v) is 7.13. The van der Waals surface area contributed by atoms with Gasteiger partial charge in [0.15, 0.2) is 11.6 Å². The fourth-order valence-electron chi connectivity index (χ4n) is 2.47. The average Bonchev–Trinajstić information content (AvgIpc) is 2.43. The minimum absolute atomic E-state index is 0.738. The molecule has 0 radical (unpaired) electrons. The second-order valence-corrected chi connectivity index (χ2v) is 5.15. The van der Waals surface area contributed by atoms with Crippen LogP contribution in [0.25, 0.3) is 0 Å². The van der Waals surface area contributed by atoms with Crippen LogP contribution < -0.4 is 5.32 Å². The summed E-state index contributed by atoms with van der Waals surface area (Å²) in [5, 5.41) is 3.34. The lowest BCUT2D eigenvalue weighted by atomic mass is 10.1. The molecule has 2 nitrogen and oxygen atoms in total. The molecule has 19 heavy (non-hydrogen) atoms. The molecule has 1 aliphatic heterocycles. The Morgan fingerprint density at radius 2 is 1.79 bits per heavy atom. The Kier molecular flexibility index (Phi) is 5.73. The molecule has 4 heteroatoms. The Morgan fingerprint density at radius 1 is 1.00 bits per heavy atom. The van der Waals surface area contributed by atoms with Crippen molar-refractivity contribution < 1.29 is 8.78 Å². The van der Waals surface area contributed by atoms with Crippen LogP contribution in [0, 0.1) is 11.6 Å². The summed E-state index contributed by atoms with van der Waals surface area (Å²) in [6.45, 7) is 5.62. The Hall–Kier alpha value is -1.00. The molecule has 0 amide bonds. The summed E-state index contributed by atoms with van der Waals surface area (Å²) in [7, 11) is 0. The second-order valence-electron chi connectivity index (χ2n) is 5.15. The highest BCUT2D eigenvalue weighted by Crippen LogP contribution is 2.12. The van der Waals surface area contributed by atoms with E-state index in [0.717, 1.165) is 57.5 Å². The van der Waals surface area contributed by atoms with Gasteiger partial charge < -0.3 is 10.2 Å². The van der Waals surface area contributed by atoms with E-state index in [9.17, 15) is 8.78 Å². The third kappa shape index (κ3) is 4.88. The smallest absolute Gasteiger partial charge is 0.159 e. The number of aryl methyl sites for hydroxylation is 1. The topological polar surface area (TPSA) is 15.3 Å². The first kappa shape index (κ1) is 14.4. The second kappa shape index (κ2) is 7.56. The molecule has 1 aliphatic rings. The monoisotopic (exact) mass is 268 g/mol. The van der Waals surface area contributed by atoms with Crippen LogP contribution in [-0.4, -0.2) is 37.6 Å². The van der Waals surface area contributed by atoms with E-state index >= 15 is 0 Å². The molecular weight excluding hydrogens is 246 g/mol. The molecular formula is C15H22F2N2. The van der Waals surface area contributed by atoms with Crippen molar-refractivity contribution in [2.24, 2.45) is 0 Å². The minimum atomic E-state index is -0.762. The molecule has 0 aliphatic carbocycles. The van der Waals surface area contributed by atoms with Gasteiger partial charge in [-0.15, -0.1) is 0 Å². The van der Waals surface area contributed by atoms with Crippen molar-refractivity contribution in [3.8, 4) is 0 Å². The van der Waals surface area contributed by atoms with Gasteiger partial charge in [-0.2, -0.15) is 0 Å². The number of hydrogen-bond donors (Lipinski definition) is 1. The highest BCUT2D eigenvalue weighted by Gasteiger charge is 2.08. The van der Waals surface area contributed by atoms with Crippen LogP contribution in [0.2, 0.25) is 0 Å². The number of unbranched alkanes of at least 4 members (excludes halogenated alkanes) is 2. The summed E-state index contributed by atoms with van der Waals surface area (Å²) in [6.07, 6.45) is 4.20. The molecule has 1 N–H and O–H groups in total. The number of nitrogens with one attached hydrogen (secondary N) is 1. The molecule has 106 valence electrons. The molecule has 1 aromatic carbocycles. The number of rotatable bonds is 6. The molecule has 0 spiro atoms. The van der Waals surface area contributed by atoms with Gasteiger partial charge in [-0.25, -0.2) is 8.78 Å². The Balaban J connectivity index is 1.59. The average molecular weight is 268 g/mol. The minimum Gasteiger partial charge on any atom is -0.314 e. The summed E-state index contributed by atoms with van der Waals surface area (Å²) in [5.41, 5.74) is 0.890. The maximum Gasteiger partial charge on any atom is 0.159 e. The predicted molar refractivity (Wildman–Crippen MR) is 73.2 cm³/mol. The van der Waals surface area contributed by atoms with E-state index in [1.165, 1.54) is 18.6 Å². The van der Waals surface area contributed by atoms with Crippen LogP contribution in [0.15, 0.2) is 18.2 Å². The van der Waals surface area contributed by atoms with E-state index in [-0.39, 0.29) is 0 Å². The van der Waals surface area contributed by atoms with Gasteiger partial charge in [-0.1, -0.05) is 12.5 Å². The van der Waals surface area contributed by atoms with E-state index in [4.69, 9.17) is 0 Å². The van der Waals surface area contributed by atoms with Crippen LogP contribution in [0.5, 0.6) is 0 Å². The normalized spacial score (nSPS) is 16.7. The molecule has 0 aromatic heterocycles. The fourth-order valence-corrected chi connectivity index (χ4v) is 2.47. The first-order chi connectivity index (χ1) is 9.25. The van der Waals surface area contributed by atoms with E-state index in [0.29, 0.717) is 0 Å². The van der Waals surface area contributed by atoms with Crippen molar-refractivity contribution in [2.45, 2.75) is 25.7 Å². The predicted octanol–water partition coefficient (Wildman–Crippen LogP) is 2.58. The van der Waals surface area contributed by atoms with Gasteiger partial charge in [0.1, 0.15) is 0 Å². The van der Waals surface area contributed by atoms with Crippen LogP contribution in [0.3, 0.4) is 0 Å². The zero-order chi connectivity index (χ0) is 13.5. The van der Waals surface area contributed by atoms with E-state index in [1.807, 2.05) is 0 Å². The van der Waals surface area contributed by atoms with Crippen LogP contribution >= 0.6 is 0 Å². The first-order valence-electron chi connectivity index (χ1n) is 7.13. The molecule has 1 aromatic rings. The SMILES string of the molecule is Fc1ccc(CCCCCN2CCNCC2)cc1F. The van der Waals surface area contributed by atoms with Crippen molar-refractivity contribution in [1.82, 2.24) is 10.2 Å². The molecule has 0 bridgehead atoms. The van der Waals surface area contributed by atoms with Gasteiger partial charge in [-0.3, -0.25) is 0 Å². The van der Waals surface area contributed by atoms with Gasteiger partial charge in [0.05, 0.1) is 0 Å². The van der Waals surface area contributed by atoms with Crippen molar-refractivity contribution in [3.05, 3.63) is 35.4 Å². The van der Waals surface area contributed by atoms with Crippen molar-refractivity contribution in [1.29, 1.82) is 0 Å². The molecule has 0 unspecified atom stereocenters. The van der Waals surface area contributed by atoms with Gasteiger partial charge >= 0.3 is 0 Å². The Bertz CT molecular complexity index is 390. The lowest BCUT2D eigenvalue weighted by molar-refractivity contribution is 0.236. The molecule has 1 saturated heterocycles. The number of benzene rings is 1. The maximum atomic E-state index is 13.0. The van der Waals surface area contributed by atoms with E-state index in [2.05, 4.69) is 10.2 Å². The summed E-state index contributed by atoms with van der Waals surface area (Å²) in [4.78, 5) is 2.48. The van der Waals surface area contributed by atoms with Crippen LogP contribution in [0.1, 0.15) is 24.8 Å². The standard InChI is InChI=1S/C15H22F2N2/c16-14-6-5-13(12-15(14)17)4-2-1-3-9-19-10-7-18-8-11-19/h5-6,12,18H,1-4,7-11H2. The number of halogens is 2. The molecule has 0 saturated carbocycles. The van der Waals surface area contributed by atoms with Crippen molar-refractivity contribution in [2.75, 3.05) is 32.7 Å². The quantitative estimate of drug-likeness (QED) is 0.798. The van der Waals surface area contributed by atoms with E-state index < -0.39 is 11.6 Å². The van der Waals surface area contributed by atoms with Crippen LogP contribution in [-0.2, 0) is 6.42 Å². The van der Waals surface area contributed by atoms with E-state index in [1.54, 1.807) is 6.07 Å². The highest BCUT2D eigenvalue weighted by atomic mass is 19.2. The maximum absolute atomic E-state index is 13.0. The number of hydrogen-bond acceptors (Lipinski definition) is 2. The van der Waals surface area contributed by atoms with Gasteiger partial charge in [0.25, 0.3) is 0 Å².